The molecule has 8 nitrogen and oxygen atoms in total. The third-order valence-corrected chi connectivity index (χ3v) is 9.08. The zero-order valence-electron chi connectivity index (χ0n) is 34.4. The molecule has 0 atom stereocenters. The van der Waals surface area contributed by atoms with Crippen LogP contribution in [0.15, 0.2) is 12.2 Å². The molecule has 0 aliphatic carbocycles. The van der Waals surface area contributed by atoms with Gasteiger partial charge in [0.05, 0.1) is 39.6 Å². The van der Waals surface area contributed by atoms with Gasteiger partial charge in [-0.05, 0) is 38.5 Å². The molecule has 0 rings (SSSR count). The van der Waals surface area contributed by atoms with E-state index in [0.29, 0.717) is 39.3 Å². The Morgan fingerprint density at radius 3 is 0.981 bits per heavy atom. The zero-order chi connectivity index (χ0) is 38.3. The second-order valence-corrected chi connectivity index (χ2v) is 14.1. The summed E-state index contributed by atoms with van der Waals surface area (Å²) in [5.41, 5.74) is 0. The van der Waals surface area contributed by atoms with Crippen LogP contribution in [0, 0.1) is 0 Å². The highest BCUT2D eigenvalue weighted by Crippen LogP contribution is 2.14. The van der Waals surface area contributed by atoms with Gasteiger partial charge in [-0.1, -0.05) is 167 Å². The lowest BCUT2D eigenvalue weighted by Crippen LogP contribution is -2.11. The van der Waals surface area contributed by atoms with Gasteiger partial charge in [0.2, 0.25) is 0 Å². The van der Waals surface area contributed by atoms with Crippen molar-refractivity contribution in [2.75, 3.05) is 52.9 Å². The van der Waals surface area contributed by atoms with E-state index in [-0.39, 0.29) is 38.4 Å². The van der Waals surface area contributed by atoms with E-state index in [4.69, 9.17) is 29.2 Å². The summed E-state index contributed by atoms with van der Waals surface area (Å²) in [5.74, 6) is -0.275. The summed E-state index contributed by atoms with van der Waals surface area (Å²) in [5, 5.41) is 17.1. The van der Waals surface area contributed by atoms with Gasteiger partial charge in [0.15, 0.2) is 0 Å². The van der Waals surface area contributed by atoms with Gasteiger partial charge in [-0.25, -0.2) is 0 Å². The third kappa shape index (κ3) is 50.6. The second-order valence-electron chi connectivity index (χ2n) is 14.1. The lowest BCUT2D eigenvalue weighted by molar-refractivity contribution is -0.146. The molecule has 0 saturated heterocycles. The van der Waals surface area contributed by atoms with Crippen LogP contribution in [-0.2, 0) is 28.5 Å². The van der Waals surface area contributed by atoms with Crippen molar-refractivity contribution in [1.29, 1.82) is 0 Å². The van der Waals surface area contributed by atoms with E-state index in [9.17, 15) is 9.59 Å². The molecular formula is C44H86O8. The van der Waals surface area contributed by atoms with E-state index in [1.165, 1.54) is 154 Å². The van der Waals surface area contributed by atoms with Crippen molar-refractivity contribution in [2.24, 2.45) is 0 Å². The summed E-state index contributed by atoms with van der Waals surface area (Å²) in [4.78, 5) is 23.0. The third-order valence-electron chi connectivity index (χ3n) is 9.08. The van der Waals surface area contributed by atoms with Gasteiger partial charge in [-0.2, -0.15) is 0 Å². The standard InChI is InChI=1S/C22H44O4.C22H42O4/c2*1-2-3-4-5-6-7-8-9-10-11-12-13-14-15-16-17-22(24)26-21-20-25-19-18-23/h23H,2-21H2,1H3;9-10,23H,2-8,11-21H2,1H3. The first-order valence-corrected chi connectivity index (χ1v) is 22.0. The summed E-state index contributed by atoms with van der Waals surface area (Å²) in [6.07, 6.45) is 41.9. The summed E-state index contributed by atoms with van der Waals surface area (Å²) < 4.78 is 20.2. The molecule has 0 aromatic heterocycles. The molecule has 0 radical (unpaired) electrons. The molecular weight excluding hydrogens is 656 g/mol. The Kier molecular flexibility index (Phi) is 50.1. The van der Waals surface area contributed by atoms with Crippen molar-refractivity contribution in [3.63, 3.8) is 0 Å². The average molecular weight is 743 g/mol. The van der Waals surface area contributed by atoms with E-state index in [2.05, 4.69) is 26.0 Å². The number of esters is 2. The molecule has 8 heteroatoms. The molecule has 0 spiro atoms. The number of aliphatic hydroxyl groups excluding tert-OH is 2. The van der Waals surface area contributed by atoms with Crippen LogP contribution >= 0.6 is 0 Å². The molecule has 0 saturated carbocycles. The Morgan fingerprint density at radius 2 is 0.673 bits per heavy atom. The lowest BCUT2D eigenvalue weighted by Gasteiger charge is -2.05. The maximum Gasteiger partial charge on any atom is 0.305 e. The molecule has 0 heterocycles. The largest absolute Gasteiger partial charge is 0.463 e. The maximum atomic E-state index is 11.5. The Morgan fingerprint density at radius 1 is 0.385 bits per heavy atom. The van der Waals surface area contributed by atoms with Crippen LogP contribution < -0.4 is 0 Å². The molecule has 0 aromatic carbocycles. The Balaban J connectivity index is 0. The maximum absolute atomic E-state index is 11.5. The Labute approximate surface area is 321 Å². The quantitative estimate of drug-likeness (QED) is 0.0362. The molecule has 52 heavy (non-hydrogen) atoms. The lowest BCUT2D eigenvalue weighted by atomic mass is 10.0. The highest BCUT2D eigenvalue weighted by Gasteiger charge is 2.03. The number of allylic oxidation sites excluding steroid dienone is 2. The van der Waals surface area contributed by atoms with Crippen molar-refractivity contribution in [2.45, 2.75) is 206 Å². The second kappa shape index (κ2) is 49.5. The number of carbonyl (C=O) groups excluding carboxylic acids is 2. The molecule has 0 unspecified atom stereocenters. The Bertz CT molecular complexity index is 714. The van der Waals surface area contributed by atoms with Gasteiger partial charge in [0, 0.05) is 12.8 Å². The molecule has 2 N–H and O–H groups in total. The molecule has 0 fully saturated rings. The van der Waals surface area contributed by atoms with Gasteiger partial charge in [0.25, 0.3) is 0 Å². The summed E-state index contributed by atoms with van der Waals surface area (Å²) >= 11 is 0. The summed E-state index contributed by atoms with van der Waals surface area (Å²) in [6, 6.07) is 0. The fourth-order valence-electron chi connectivity index (χ4n) is 5.89. The van der Waals surface area contributed by atoms with Crippen LogP contribution in [0.1, 0.15) is 206 Å². The molecule has 0 bridgehead atoms. The van der Waals surface area contributed by atoms with Gasteiger partial charge in [-0.15, -0.1) is 0 Å². The zero-order valence-corrected chi connectivity index (χ0v) is 34.4. The molecule has 0 amide bonds. The van der Waals surface area contributed by atoms with Crippen molar-refractivity contribution in [1.82, 2.24) is 0 Å². The highest BCUT2D eigenvalue weighted by molar-refractivity contribution is 5.69. The predicted molar refractivity (Wildman–Crippen MR) is 217 cm³/mol. The summed E-state index contributed by atoms with van der Waals surface area (Å²) in [6.45, 7) is 6.44. The number of aliphatic hydroxyl groups is 2. The normalized spacial score (nSPS) is 11.2. The monoisotopic (exact) mass is 743 g/mol. The topological polar surface area (TPSA) is 112 Å². The number of hydrogen-bond acceptors (Lipinski definition) is 8. The number of carbonyl (C=O) groups is 2. The fourth-order valence-corrected chi connectivity index (χ4v) is 5.89. The smallest absolute Gasteiger partial charge is 0.305 e. The van der Waals surface area contributed by atoms with Gasteiger partial charge >= 0.3 is 11.9 Å². The van der Waals surface area contributed by atoms with Crippen molar-refractivity contribution in [3.8, 4) is 0 Å². The first kappa shape index (κ1) is 52.6. The molecule has 0 aromatic rings. The molecule has 310 valence electrons. The van der Waals surface area contributed by atoms with Crippen LogP contribution in [0.4, 0.5) is 0 Å². The van der Waals surface area contributed by atoms with E-state index in [0.717, 1.165) is 25.7 Å². The van der Waals surface area contributed by atoms with Gasteiger partial charge in [0.1, 0.15) is 13.2 Å². The molecule has 0 aliphatic heterocycles. The van der Waals surface area contributed by atoms with Crippen molar-refractivity contribution < 1.29 is 38.7 Å². The van der Waals surface area contributed by atoms with Gasteiger partial charge < -0.3 is 29.2 Å². The number of ether oxygens (including phenoxy) is 4. The minimum absolute atomic E-state index is 0.00284. The SMILES string of the molecule is CCCCCCCCC=CCCCCCCCC(=O)OCCOCCO.CCCCCCCCCCCCCCCCCC(=O)OCCOCCO. The van der Waals surface area contributed by atoms with E-state index in [1.54, 1.807) is 0 Å². The number of rotatable bonds is 41. The van der Waals surface area contributed by atoms with E-state index >= 15 is 0 Å². The van der Waals surface area contributed by atoms with Crippen LogP contribution in [-0.4, -0.2) is 75.0 Å². The number of unbranched alkanes of at least 4 members (excludes halogenated alkanes) is 25. The van der Waals surface area contributed by atoms with E-state index in [1.807, 2.05) is 0 Å². The minimum Gasteiger partial charge on any atom is -0.463 e. The first-order chi connectivity index (χ1) is 25.6. The average Bonchev–Trinajstić information content (AvgIpc) is 3.15. The fraction of sp³-hybridized carbons (Fsp3) is 0.909. The Hall–Kier alpha value is -1.48. The van der Waals surface area contributed by atoms with Crippen LogP contribution in [0.25, 0.3) is 0 Å². The van der Waals surface area contributed by atoms with E-state index < -0.39 is 0 Å². The van der Waals surface area contributed by atoms with Gasteiger partial charge in [-0.3, -0.25) is 9.59 Å². The highest BCUT2D eigenvalue weighted by atomic mass is 16.6. The first-order valence-electron chi connectivity index (χ1n) is 22.0. The van der Waals surface area contributed by atoms with Crippen molar-refractivity contribution in [3.05, 3.63) is 12.2 Å². The predicted octanol–water partition coefficient (Wildman–Crippen LogP) is 11.4. The summed E-state index contributed by atoms with van der Waals surface area (Å²) in [7, 11) is 0. The van der Waals surface area contributed by atoms with Crippen LogP contribution in [0.5, 0.6) is 0 Å². The molecule has 0 aliphatic rings. The number of hydrogen-bond donors (Lipinski definition) is 2. The van der Waals surface area contributed by atoms with Crippen molar-refractivity contribution >= 4 is 11.9 Å². The minimum atomic E-state index is -0.143. The van der Waals surface area contributed by atoms with Crippen LogP contribution in [0.2, 0.25) is 0 Å². The van der Waals surface area contributed by atoms with Crippen LogP contribution in [0.3, 0.4) is 0 Å².